The van der Waals surface area contributed by atoms with E-state index in [9.17, 15) is 9.59 Å². The lowest BCUT2D eigenvalue weighted by Crippen LogP contribution is -2.54. The Bertz CT molecular complexity index is 312. The predicted octanol–water partition coefficient (Wildman–Crippen LogP) is 1.11. The van der Waals surface area contributed by atoms with Gasteiger partial charge in [0, 0.05) is 19.5 Å². The molecule has 104 valence electrons. The van der Waals surface area contributed by atoms with Crippen LogP contribution in [0.5, 0.6) is 0 Å². The van der Waals surface area contributed by atoms with Gasteiger partial charge in [-0.3, -0.25) is 4.79 Å². The van der Waals surface area contributed by atoms with E-state index in [0.717, 1.165) is 0 Å². The Morgan fingerprint density at radius 1 is 1.44 bits per heavy atom. The average molecular weight is 257 g/mol. The van der Waals surface area contributed by atoms with Gasteiger partial charge in [-0.25, -0.2) is 14.8 Å². The van der Waals surface area contributed by atoms with Crippen molar-refractivity contribution in [1.29, 1.82) is 0 Å². The fourth-order valence-electron chi connectivity index (χ4n) is 1.76. The molecule has 0 radical (unpaired) electrons. The minimum atomic E-state index is -0.558. The molecule has 1 aliphatic heterocycles. The SMILES string of the molecule is CC(C)(C)OC(=O)N1CCCC(=O)N1CCCN. The lowest BCUT2D eigenvalue weighted by Gasteiger charge is -2.38. The van der Waals surface area contributed by atoms with Crippen molar-refractivity contribution in [2.24, 2.45) is 5.73 Å². The molecule has 2 N–H and O–H groups in total. The third-order valence-corrected chi connectivity index (χ3v) is 2.52. The largest absolute Gasteiger partial charge is 0.442 e. The minimum absolute atomic E-state index is 0.0411. The maximum absolute atomic E-state index is 12.0. The van der Waals surface area contributed by atoms with Gasteiger partial charge in [-0.2, -0.15) is 0 Å². The van der Waals surface area contributed by atoms with E-state index in [2.05, 4.69) is 0 Å². The molecule has 0 unspecified atom stereocenters. The normalized spacial score (nSPS) is 17.0. The number of nitrogens with zero attached hydrogens (tertiary/aromatic N) is 2. The number of hydrazine groups is 1. The Hall–Kier alpha value is -1.30. The second-order valence-electron chi connectivity index (χ2n) is 5.37. The summed E-state index contributed by atoms with van der Waals surface area (Å²) >= 11 is 0. The van der Waals surface area contributed by atoms with Gasteiger partial charge in [-0.15, -0.1) is 0 Å². The number of nitrogens with two attached hydrogens (primary N) is 1. The first-order valence-corrected chi connectivity index (χ1v) is 6.36. The Balaban J connectivity index is 2.69. The van der Waals surface area contributed by atoms with Gasteiger partial charge in [0.25, 0.3) is 0 Å². The molecule has 2 amide bonds. The van der Waals surface area contributed by atoms with E-state index in [-0.39, 0.29) is 5.91 Å². The molecule has 0 aromatic carbocycles. The van der Waals surface area contributed by atoms with Crippen molar-refractivity contribution in [2.75, 3.05) is 19.6 Å². The zero-order valence-electron chi connectivity index (χ0n) is 11.4. The quantitative estimate of drug-likeness (QED) is 0.821. The third-order valence-electron chi connectivity index (χ3n) is 2.52. The molecule has 0 aliphatic carbocycles. The minimum Gasteiger partial charge on any atom is -0.442 e. The summed E-state index contributed by atoms with van der Waals surface area (Å²) < 4.78 is 5.30. The van der Waals surface area contributed by atoms with Crippen LogP contribution in [0.25, 0.3) is 0 Å². The van der Waals surface area contributed by atoms with Crippen LogP contribution in [-0.2, 0) is 9.53 Å². The molecule has 18 heavy (non-hydrogen) atoms. The van der Waals surface area contributed by atoms with Gasteiger partial charge in [0.05, 0.1) is 0 Å². The summed E-state index contributed by atoms with van der Waals surface area (Å²) in [5.41, 5.74) is 4.88. The smallest absolute Gasteiger partial charge is 0.429 e. The van der Waals surface area contributed by atoms with Gasteiger partial charge >= 0.3 is 6.09 Å². The van der Waals surface area contributed by atoms with Crippen molar-refractivity contribution < 1.29 is 14.3 Å². The lowest BCUT2D eigenvalue weighted by atomic mass is 10.2. The molecule has 6 nitrogen and oxygen atoms in total. The topological polar surface area (TPSA) is 75.9 Å². The van der Waals surface area contributed by atoms with Crippen LogP contribution >= 0.6 is 0 Å². The predicted molar refractivity (Wildman–Crippen MR) is 67.6 cm³/mol. The van der Waals surface area contributed by atoms with E-state index in [1.165, 1.54) is 10.0 Å². The van der Waals surface area contributed by atoms with Gasteiger partial charge in [-0.1, -0.05) is 0 Å². The molecular formula is C12H23N3O3. The first-order chi connectivity index (χ1) is 8.35. The molecule has 1 heterocycles. The molecule has 0 spiro atoms. The second kappa shape index (κ2) is 6.04. The second-order valence-corrected chi connectivity index (χ2v) is 5.37. The summed E-state index contributed by atoms with van der Waals surface area (Å²) in [6.45, 7) is 6.90. The van der Waals surface area contributed by atoms with Crippen molar-refractivity contribution in [3.8, 4) is 0 Å². The van der Waals surface area contributed by atoms with Crippen LogP contribution in [0.4, 0.5) is 4.79 Å². The first kappa shape index (κ1) is 14.8. The van der Waals surface area contributed by atoms with E-state index in [0.29, 0.717) is 38.9 Å². The number of amides is 2. The molecular weight excluding hydrogens is 234 g/mol. The Kier molecular flexibility index (Phi) is 4.95. The molecule has 0 aromatic rings. The molecule has 1 fully saturated rings. The molecule has 0 bridgehead atoms. The molecule has 6 heteroatoms. The van der Waals surface area contributed by atoms with Crippen LogP contribution in [0.2, 0.25) is 0 Å². The summed E-state index contributed by atoms with van der Waals surface area (Å²) in [6.07, 6.45) is 1.36. The monoisotopic (exact) mass is 257 g/mol. The molecule has 0 atom stereocenters. The van der Waals surface area contributed by atoms with Crippen LogP contribution in [0.1, 0.15) is 40.0 Å². The first-order valence-electron chi connectivity index (χ1n) is 6.36. The maximum atomic E-state index is 12.0. The van der Waals surface area contributed by atoms with Gasteiger partial charge in [-0.05, 0) is 40.2 Å². The van der Waals surface area contributed by atoms with E-state index in [1.54, 1.807) is 20.8 Å². The van der Waals surface area contributed by atoms with Crippen LogP contribution in [0.3, 0.4) is 0 Å². The summed E-state index contributed by atoms with van der Waals surface area (Å²) in [5.74, 6) is -0.0411. The molecule has 0 aromatic heterocycles. The highest BCUT2D eigenvalue weighted by Crippen LogP contribution is 2.17. The molecule has 0 saturated carbocycles. The van der Waals surface area contributed by atoms with Crippen LogP contribution in [-0.4, -0.2) is 47.3 Å². The average Bonchev–Trinajstić information content (AvgIpc) is 2.24. The van der Waals surface area contributed by atoms with Crippen LogP contribution < -0.4 is 5.73 Å². The molecule has 1 rings (SSSR count). The summed E-state index contributed by atoms with van der Waals surface area (Å²) in [5, 5.41) is 2.86. The standard InChI is InChI=1S/C12H23N3O3/c1-12(2,3)18-11(17)15-8-4-6-10(16)14(15)9-5-7-13/h4-9,13H2,1-3H3. The van der Waals surface area contributed by atoms with Gasteiger partial charge < -0.3 is 10.5 Å². The molecule has 1 aliphatic rings. The van der Waals surface area contributed by atoms with Crippen molar-refractivity contribution in [1.82, 2.24) is 10.0 Å². The number of rotatable bonds is 3. The third kappa shape index (κ3) is 4.18. The summed E-state index contributed by atoms with van der Waals surface area (Å²) in [6, 6.07) is 0. The zero-order chi connectivity index (χ0) is 13.8. The Morgan fingerprint density at radius 2 is 2.11 bits per heavy atom. The summed E-state index contributed by atoms with van der Waals surface area (Å²) in [7, 11) is 0. The van der Waals surface area contributed by atoms with Gasteiger partial charge in [0.1, 0.15) is 5.60 Å². The lowest BCUT2D eigenvalue weighted by molar-refractivity contribution is -0.153. The van der Waals surface area contributed by atoms with Crippen LogP contribution in [0, 0.1) is 0 Å². The Labute approximate surface area is 108 Å². The maximum Gasteiger partial charge on any atom is 0.429 e. The van der Waals surface area contributed by atoms with Crippen LogP contribution in [0.15, 0.2) is 0 Å². The van der Waals surface area contributed by atoms with E-state index in [4.69, 9.17) is 10.5 Å². The number of hydrogen-bond donors (Lipinski definition) is 1. The fraction of sp³-hybridized carbons (Fsp3) is 0.833. The number of carbonyl (C=O) groups is 2. The molecule has 1 saturated heterocycles. The number of hydrogen-bond acceptors (Lipinski definition) is 4. The summed E-state index contributed by atoms with van der Waals surface area (Å²) in [4.78, 5) is 23.8. The van der Waals surface area contributed by atoms with Gasteiger partial charge in [0.15, 0.2) is 0 Å². The van der Waals surface area contributed by atoms with Gasteiger partial charge in [0.2, 0.25) is 5.91 Å². The number of ether oxygens (including phenoxy) is 1. The van der Waals surface area contributed by atoms with E-state index < -0.39 is 11.7 Å². The van der Waals surface area contributed by atoms with E-state index >= 15 is 0 Å². The van der Waals surface area contributed by atoms with Crippen molar-refractivity contribution in [3.05, 3.63) is 0 Å². The highest BCUT2D eigenvalue weighted by Gasteiger charge is 2.32. The van der Waals surface area contributed by atoms with E-state index in [1.807, 2.05) is 0 Å². The van der Waals surface area contributed by atoms with Crippen molar-refractivity contribution in [3.63, 3.8) is 0 Å². The highest BCUT2D eigenvalue weighted by atomic mass is 16.6. The number of carbonyl (C=O) groups excluding carboxylic acids is 2. The fourth-order valence-corrected chi connectivity index (χ4v) is 1.76. The van der Waals surface area contributed by atoms with Crippen molar-refractivity contribution in [2.45, 2.75) is 45.6 Å². The Morgan fingerprint density at radius 3 is 2.67 bits per heavy atom. The highest BCUT2D eigenvalue weighted by molar-refractivity contribution is 5.80. The zero-order valence-corrected chi connectivity index (χ0v) is 11.4. The van der Waals surface area contributed by atoms with Crippen molar-refractivity contribution >= 4 is 12.0 Å².